The van der Waals surface area contributed by atoms with Crippen molar-refractivity contribution in [3.8, 4) is 16.9 Å². The van der Waals surface area contributed by atoms with Crippen molar-refractivity contribution in [1.82, 2.24) is 24.5 Å². The Morgan fingerprint density at radius 1 is 0.938 bits per heavy atom. The molecular weight excluding hydrogens is 425 g/mol. The summed E-state index contributed by atoms with van der Waals surface area (Å²) in [6, 6.07) is 20.0. The van der Waals surface area contributed by atoms with Crippen LogP contribution in [-0.4, -0.2) is 19.2 Å². The molecule has 1 N–H and O–H groups in total. The maximum absolute atomic E-state index is 13.4. The summed E-state index contributed by atoms with van der Waals surface area (Å²) in [6.07, 6.45) is 4.00. The van der Waals surface area contributed by atoms with Crippen LogP contribution in [0.15, 0.2) is 79.1 Å². The number of pyridine rings is 1. The molecule has 0 aliphatic rings. The fourth-order valence-electron chi connectivity index (χ4n) is 3.75. The molecule has 0 saturated carbocycles. The minimum absolute atomic E-state index is 0.281. The summed E-state index contributed by atoms with van der Waals surface area (Å²) < 4.78 is 17.2. The van der Waals surface area contributed by atoms with Crippen molar-refractivity contribution in [2.75, 3.05) is 0 Å². The van der Waals surface area contributed by atoms with Crippen LogP contribution in [0.2, 0.25) is 5.02 Å². The van der Waals surface area contributed by atoms with Gasteiger partial charge in [0.2, 0.25) is 0 Å². The monoisotopic (exact) mass is 445 g/mol. The van der Waals surface area contributed by atoms with Crippen LogP contribution in [0.4, 0.5) is 4.39 Å². The van der Waals surface area contributed by atoms with Gasteiger partial charge in [0.15, 0.2) is 0 Å². The van der Waals surface area contributed by atoms with E-state index >= 15 is 0 Å². The van der Waals surface area contributed by atoms with Crippen LogP contribution in [0.5, 0.6) is 0 Å². The molecule has 0 amide bonds. The molecule has 5 rings (SSSR count). The molecule has 5 nitrogen and oxygen atoms in total. The average molecular weight is 446 g/mol. The molecule has 32 heavy (non-hydrogen) atoms. The highest BCUT2D eigenvalue weighted by Crippen LogP contribution is 2.30. The Bertz CT molecular complexity index is 1390. The maximum atomic E-state index is 13.4. The Morgan fingerprint density at radius 2 is 1.75 bits per heavy atom. The van der Waals surface area contributed by atoms with Crippen LogP contribution in [0, 0.1) is 12.7 Å². The summed E-state index contributed by atoms with van der Waals surface area (Å²) in [4.78, 5) is 4.68. The predicted molar refractivity (Wildman–Crippen MR) is 124 cm³/mol. The molecule has 2 aromatic carbocycles. The quantitative estimate of drug-likeness (QED) is 0.371. The van der Waals surface area contributed by atoms with Gasteiger partial charge in [0.05, 0.1) is 22.1 Å². The zero-order valence-electron chi connectivity index (χ0n) is 17.5. The highest BCUT2D eigenvalue weighted by molar-refractivity contribution is 6.33. The largest absolute Gasteiger partial charge is 0.307 e. The third-order valence-electron chi connectivity index (χ3n) is 5.38. The number of rotatable bonds is 6. The van der Waals surface area contributed by atoms with Gasteiger partial charge in [0.1, 0.15) is 11.5 Å². The number of fused-ring (bicyclic) bond motifs is 1. The predicted octanol–water partition coefficient (Wildman–Crippen LogP) is 5.58. The summed E-state index contributed by atoms with van der Waals surface area (Å²) in [5, 5.41) is 8.87. The van der Waals surface area contributed by atoms with Crippen LogP contribution >= 0.6 is 11.6 Å². The Hall–Kier alpha value is -3.48. The third kappa shape index (κ3) is 4.02. The van der Waals surface area contributed by atoms with Crippen molar-refractivity contribution < 1.29 is 4.39 Å². The van der Waals surface area contributed by atoms with Crippen molar-refractivity contribution in [3.63, 3.8) is 0 Å². The molecule has 160 valence electrons. The van der Waals surface area contributed by atoms with Crippen molar-refractivity contribution >= 4 is 17.2 Å². The van der Waals surface area contributed by atoms with Gasteiger partial charge in [-0.3, -0.25) is 0 Å². The minimum atomic E-state index is -0.281. The van der Waals surface area contributed by atoms with Crippen molar-refractivity contribution in [2.45, 2.75) is 20.0 Å². The van der Waals surface area contributed by atoms with Gasteiger partial charge >= 0.3 is 0 Å². The summed E-state index contributed by atoms with van der Waals surface area (Å²) in [6.45, 7) is 3.25. The zero-order valence-corrected chi connectivity index (χ0v) is 18.2. The number of aromatic nitrogens is 4. The molecule has 0 unspecified atom stereocenters. The second-order valence-corrected chi connectivity index (χ2v) is 8.04. The molecule has 0 aliphatic heterocycles. The number of nitrogens with zero attached hydrogens (tertiary/aromatic N) is 4. The first-order valence-electron chi connectivity index (χ1n) is 10.3. The van der Waals surface area contributed by atoms with E-state index in [0.717, 1.165) is 39.5 Å². The molecular formula is C25H21ClFN5. The van der Waals surface area contributed by atoms with E-state index in [-0.39, 0.29) is 5.82 Å². The van der Waals surface area contributed by atoms with Gasteiger partial charge < -0.3 is 9.72 Å². The van der Waals surface area contributed by atoms with Gasteiger partial charge in [0, 0.05) is 42.3 Å². The van der Waals surface area contributed by atoms with E-state index in [1.165, 1.54) is 12.1 Å². The van der Waals surface area contributed by atoms with E-state index in [1.807, 2.05) is 42.6 Å². The molecule has 5 aromatic rings. The number of halogens is 2. The lowest BCUT2D eigenvalue weighted by Crippen LogP contribution is -2.13. The number of imidazole rings is 1. The van der Waals surface area contributed by atoms with Crippen LogP contribution < -0.4 is 5.32 Å². The third-order valence-corrected chi connectivity index (χ3v) is 5.71. The molecule has 0 aliphatic carbocycles. The summed E-state index contributed by atoms with van der Waals surface area (Å²) in [7, 11) is 0. The second kappa shape index (κ2) is 8.57. The van der Waals surface area contributed by atoms with Crippen LogP contribution in [0.1, 0.15) is 17.0 Å². The Kier molecular flexibility index (Phi) is 5.47. The number of aryl methyl sites for hydroxylation is 1. The van der Waals surface area contributed by atoms with Gasteiger partial charge in [-0.2, -0.15) is 5.10 Å². The first-order valence-corrected chi connectivity index (χ1v) is 10.7. The van der Waals surface area contributed by atoms with Gasteiger partial charge in [-0.15, -0.1) is 0 Å². The van der Waals surface area contributed by atoms with Crippen LogP contribution in [0.3, 0.4) is 0 Å². The normalized spacial score (nSPS) is 11.3. The molecule has 0 fully saturated rings. The zero-order chi connectivity index (χ0) is 22.1. The van der Waals surface area contributed by atoms with E-state index in [0.29, 0.717) is 18.1 Å². The standard InChI is InChI=1S/C25H21ClFN5/c1-17-5-4-8-24-29-20(16-31(17)24)14-28-13-18-15-32(21-11-9-19(27)10-12-21)30-25(18)22-6-2-3-7-23(22)26/h2-12,15-16,28H,13-14H2,1H3. The highest BCUT2D eigenvalue weighted by Gasteiger charge is 2.15. The number of benzene rings is 2. The summed E-state index contributed by atoms with van der Waals surface area (Å²) in [5.74, 6) is -0.281. The molecule has 3 heterocycles. The summed E-state index contributed by atoms with van der Waals surface area (Å²) >= 11 is 6.46. The van der Waals surface area contributed by atoms with Gasteiger partial charge in [-0.1, -0.05) is 35.9 Å². The van der Waals surface area contributed by atoms with Gasteiger partial charge in [-0.05, 0) is 49.4 Å². The molecule has 0 radical (unpaired) electrons. The second-order valence-electron chi connectivity index (χ2n) is 7.63. The van der Waals surface area contributed by atoms with Gasteiger partial charge in [-0.25, -0.2) is 14.1 Å². The first-order chi connectivity index (χ1) is 15.6. The lowest BCUT2D eigenvalue weighted by molar-refractivity contribution is 0.627. The van der Waals surface area contributed by atoms with E-state index in [2.05, 4.69) is 33.9 Å². The molecule has 0 bridgehead atoms. The Morgan fingerprint density at radius 3 is 2.53 bits per heavy atom. The average Bonchev–Trinajstić information content (AvgIpc) is 3.40. The molecule has 0 atom stereocenters. The van der Waals surface area contributed by atoms with E-state index in [9.17, 15) is 4.39 Å². The Labute approximate surface area is 190 Å². The Balaban J connectivity index is 1.43. The fourth-order valence-corrected chi connectivity index (χ4v) is 3.98. The first kappa shape index (κ1) is 20.4. The topological polar surface area (TPSA) is 47.2 Å². The fraction of sp³-hybridized carbons (Fsp3) is 0.120. The van der Waals surface area contributed by atoms with Crippen molar-refractivity contribution in [2.24, 2.45) is 0 Å². The smallest absolute Gasteiger partial charge is 0.137 e. The lowest BCUT2D eigenvalue weighted by Gasteiger charge is -2.05. The van der Waals surface area contributed by atoms with E-state index in [1.54, 1.807) is 16.8 Å². The molecule has 3 aromatic heterocycles. The van der Waals surface area contributed by atoms with E-state index in [4.69, 9.17) is 16.7 Å². The maximum Gasteiger partial charge on any atom is 0.137 e. The van der Waals surface area contributed by atoms with Crippen LogP contribution in [-0.2, 0) is 13.1 Å². The molecule has 7 heteroatoms. The molecule has 0 spiro atoms. The number of nitrogens with one attached hydrogen (secondary N) is 1. The van der Waals surface area contributed by atoms with Crippen molar-refractivity contribution in [1.29, 1.82) is 0 Å². The highest BCUT2D eigenvalue weighted by atomic mass is 35.5. The molecule has 0 saturated heterocycles. The number of hydrogen-bond donors (Lipinski definition) is 1. The lowest BCUT2D eigenvalue weighted by atomic mass is 10.1. The minimum Gasteiger partial charge on any atom is -0.307 e. The van der Waals surface area contributed by atoms with Gasteiger partial charge in [0.25, 0.3) is 0 Å². The SMILES string of the molecule is Cc1cccc2nc(CNCc3cn(-c4ccc(F)cc4)nc3-c3ccccc3Cl)cn12. The summed E-state index contributed by atoms with van der Waals surface area (Å²) in [5.41, 5.74) is 6.45. The number of hydrogen-bond acceptors (Lipinski definition) is 3. The van der Waals surface area contributed by atoms with Crippen LogP contribution in [0.25, 0.3) is 22.6 Å². The van der Waals surface area contributed by atoms with Crippen molar-refractivity contribution in [3.05, 3.63) is 107 Å². The van der Waals surface area contributed by atoms with E-state index < -0.39 is 0 Å².